The zero-order valence-electron chi connectivity index (χ0n) is 28.6. The SMILES string of the molecule is CC1=Cc2c(-c3ccc(C(F)(F)F)cc3C(F)(F)F)cccc2[CH]1[Zr+2]([CH]1C(C)=Cc2c(-c3ccc(C(F)(F)F)cc3C(F)(F)F)cccc21)[SiH](C)C.[Cl-].[Cl-]. The fourth-order valence-electron chi connectivity index (χ4n) is 7.67. The van der Waals surface area contributed by atoms with Crippen LogP contribution in [0.5, 0.6) is 0 Å². The van der Waals surface area contributed by atoms with Crippen molar-refractivity contribution in [1.82, 2.24) is 0 Å². The maximum atomic E-state index is 14.3. The van der Waals surface area contributed by atoms with Crippen LogP contribution in [0.4, 0.5) is 52.7 Å². The Balaban J connectivity index is 0.00000325. The first-order chi connectivity index (χ1) is 24.0. The molecular weight excluding hydrogens is 875 g/mol. The zero-order valence-corrected chi connectivity index (χ0v) is 33.7. The summed E-state index contributed by atoms with van der Waals surface area (Å²) in [5.41, 5.74) is -1.74. The molecule has 0 aromatic heterocycles. The van der Waals surface area contributed by atoms with Gasteiger partial charge in [0.25, 0.3) is 0 Å². The van der Waals surface area contributed by atoms with Crippen molar-refractivity contribution in [3.05, 3.63) is 128 Å². The average Bonchev–Trinajstić information content (AvgIpc) is 3.54. The quantitative estimate of drug-likeness (QED) is 0.146. The van der Waals surface area contributed by atoms with Gasteiger partial charge in [-0.25, -0.2) is 0 Å². The predicted molar refractivity (Wildman–Crippen MR) is 175 cm³/mol. The third-order valence-electron chi connectivity index (χ3n) is 9.77. The summed E-state index contributed by atoms with van der Waals surface area (Å²) in [5, 5.41) is 0. The number of fused-ring (bicyclic) bond motifs is 2. The van der Waals surface area contributed by atoms with Crippen LogP contribution in [0.1, 0.15) is 65.6 Å². The largest absolute Gasteiger partial charge is 1.00 e. The molecule has 287 valence electrons. The summed E-state index contributed by atoms with van der Waals surface area (Å²) < 4.78 is 166. The van der Waals surface area contributed by atoms with Crippen molar-refractivity contribution in [2.75, 3.05) is 0 Å². The molecule has 0 radical (unpaired) electrons. The van der Waals surface area contributed by atoms with Crippen LogP contribution in [0.15, 0.2) is 83.9 Å². The van der Waals surface area contributed by atoms with Gasteiger partial charge in [-0.2, -0.15) is 0 Å². The number of alkyl halides is 12. The third-order valence-corrected chi connectivity index (χ3v) is 31.9. The van der Waals surface area contributed by atoms with Crippen LogP contribution < -0.4 is 24.8 Å². The van der Waals surface area contributed by atoms with Crippen molar-refractivity contribution in [1.29, 1.82) is 0 Å². The van der Waals surface area contributed by atoms with Crippen molar-refractivity contribution in [3.8, 4) is 22.3 Å². The van der Waals surface area contributed by atoms with Crippen LogP contribution in [0.25, 0.3) is 34.4 Å². The molecule has 2 atom stereocenters. The van der Waals surface area contributed by atoms with Crippen molar-refractivity contribution in [2.45, 2.75) is 58.9 Å². The van der Waals surface area contributed by atoms with Crippen molar-refractivity contribution >= 4 is 18.1 Å². The van der Waals surface area contributed by atoms with Crippen LogP contribution >= 0.6 is 0 Å². The van der Waals surface area contributed by atoms with Crippen LogP contribution in [0.3, 0.4) is 0 Å². The minimum absolute atomic E-state index is 0. The van der Waals surface area contributed by atoms with E-state index in [1.807, 2.05) is 26.0 Å². The minimum Gasteiger partial charge on any atom is -1.00 e. The Bertz CT molecular complexity index is 1980. The van der Waals surface area contributed by atoms with Gasteiger partial charge in [0.1, 0.15) is 0 Å². The Morgan fingerprint density at radius 1 is 0.481 bits per heavy atom. The summed E-state index contributed by atoms with van der Waals surface area (Å²) in [4.78, 5) is 0. The molecule has 2 unspecified atom stereocenters. The molecule has 0 aliphatic heterocycles. The Hall–Kier alpha value is -2.80. The number of hydrogen-bond donors (Lipinski definition) is 0. The van der Waals surface area contributed by atoms with E-state index in [9.17, 15) is 52.7 Å². The van der Waals surface area contributed by atoms with Gasteiger partial charge in [0, 0.05) is 0 Å². The molecule has 0 saturated carbocycles. The minimum atomic E-state index is -5.08. The second-order valence-corrected chi connectivity index (χ2v) is 33.5. The topological polar surface area (TPSA) is 0 Å². The van der Waals surface area contributed by atoms with Crippen molar-refractivity contribution in [3.63, 3.8) is 0 Å². The Morgan fingerprint density at radius 2 is 0.833 bits per heavy atom. The van der Waals surface area contributed by atoms with Gasteiger partial charge in [0.05, 0.1) is 0 Å². The standard InChI is InChI=1S/2C18H11F6.C2H7Si.2ClH.Zr/c2*1-10-7-11-3-2-4-13(15(11)8-10)14-6-5-12(17(19,20)21)9-16(14)18(22,23)24;1-3-2;;;/h2*2-9H,1H3;3H,1-2H3;2*1H;/q;;;;;+2/p-2. The summed E-state index contributed by atoms with van der Waals surface area (Å²) in [7, 11) is 0. The van der Waals surface area contributed by atoms with Gasteiger partial charge in [-0.15, -0.1) is 0 Å². The Morgan fingerprint density at radius 3 is 1.13 bits per heavy atom. The van der Waals surface area contributed by atoms with Gasteiger partial charge in [0.15, 0.2) is 0 Å². The smallest absolute Gasteiger partial charge is 1.00 e. The second kappa shape index (κ2) is 15.3. The molecule has 2 aliphatic rings. The summed E-state index contributed by atoms with van der Waals surface area (Å²) in [6.45, 7) is 8.11. The number of halogens is 14. The van der Waals surface area contributed by atoms with Gasteiger partial charge < -0.3 is 24.8 Å². The average molecular weight is 904 g/mol. The van der Waals surface area contributed by atoms with Crippen LogP contribution in [-0.2, 0) is 45.6 Å². The van der Waals surface area contributed by atoms with Gasteiger partial charge in [-0.1, -0.05) is 0 Å². The molecular formula is C38H29Cl2F12SiZr. The van der Waals surface area contributed by atoms with E-state index in [0.29, 0.717) is 23.3 Å². The summed E-state index contributed by atoms with van der Waals surface area (Å²) >= 11 is -2.94. The molecule has 0 heterocycles. The van der Waals surface area contributed by atoms with Gasteiger partial charge in [0.2, 0.25) is 0 Å². The second-order valence-electron chi connectivity index (χ2n) is 13.4. The van der Waals surface area contributed by atoms with Crippen molar-refractivity contribution in [2.24, 2.45) is 0 Å². The van der Waals surface area contributed by atoms with Crippen molar-refractivity contribution < 1.29 is 98.4 Å². The summed E-state index contributed by atoms with van der Waals surface area (Å²) in [5.74, 6) is -1.59. The van der Waals surface area contributed by atoms with Crippen LogP contribution in [-0.4, -0.2) is 5.92 Å². The summed E-state index contributed by atoms with van der Waals surface area (Å²) in [6.07, 6.45) is -16.5. The molecule has 0 nitrogen and oxygen atoms in total. The van der Waals surface area contributed by atoms with Gasteiger partial charge in [-0.3, -0.25) is 0 Å². The van der Waals surface area contributed by atoms with E-state index < -0.39 is 73.8 Å². The van der Waals surface area contributed by atoms with Gasteiger partial charge >= 0.3 is 301 Å². The fraction of sp³-hybridized carbons (Fsp3) is 0.263. The van der Waals surface area contributed by atoms with E-state index in [2.05, 4.69) is 13.1 Å². The third kappa shape index (κ3) is 8.04. The molecule has 4 aromatic rings. The molecule has 0 fully saturated rings. The molecule has 16 heteroatoms. The maximum Gasteiger partial charge on any atom is -1.00 e. The first-order valence-corrected chi connectivity index (χ1v) is 26.0. The van der Waals surface area contributed by atoms with E-state index in [-0.39, 0.29) is 66.5 Å². The molecule has 0 saturated heterocycles. The molecule has 0 bridgehead atoms. The van der Waals surface area contributed by atoms with E-state index in [0.717, 1.165) is 34.4 Å². The number of hydrogen-bond acceptors (Lipinski definition) is 0. The van der Waals surface area contributed by atoms with Gasteiger partial charge in [-0.05, 0) is 0 Å². The number of allylic oxidation sites excluding steroid dienone is 2. The van der Waals surface area contributed by atoms with Crippen LogP contribution in [0.2, 0.25) is 13.1 Å². The van der Waals surface area contributed by atoms with E-state index in [1.165, 1.54) is 12.1 Å². The Labute approximate surface area is 324 Å². The molecule has 0 spiro atoms. The summed E-state index contributed by atoms with van der Waals surface area (Å²) in [6, 6.07) is 13.0. The maximum absolute atomic E-state index is 14.3. The molecule has 54 heavy (non-hydrogen) atoms. The molecule has 0 amide bonds. The van der Waals surface area contributed by atoms with E-state index in [4.69, 9.17) is 0 Å². The fourth-order valence-corrected chi connectivity index (χ4v) is 30.9. The first-order valence-electron chi connectivity index (χ1n) is 16.1. The molecule has 0 N–H and O–H groups in total. The van der Waals surface area contributed by atoms with Crippen LogP contribution in [0, 0.1) is 0 Å². The predicted octanol–water partition coefficient (Wildman–Crippen LogP) is 7.32. The molecule has 2 aliphatic carbocycles. The molecule has 6 rings (SSSR count). The number of benzene rings is 4. The van der Waals surface area contributed by atoms with E-state index >= 15 is 0 Å². The first kappa shape index (κ1) is 43.9. The molecule has 4 aromatic carbocycles. The zero-order chi connectivity index (χ0) is 38.3. The Kier molecular flexibility index (Phi) is 12.4. The number of rotatable bonds is 5. The normalized spacial score (nSPS) is 17.0. The van der Waals surface area contributed by atoms with E-state index in [1.54, 1.807) is 24.3 Å². The monoisotopic (exact) mass is 901 g/mol.